The summed E-state index contributed by atoms with van der Waals surface area (Å²) in [6.45, 7) is 13.6. The van der Waals surface area contributed by atoms with E-state index in [-0.39, 0.29) is 59.7 Å². The standard InChI is InChI=1S/C33H44N4O6S/c1-7-20-15(2)25(36-33(20)43)12-23-16(3)21(8-10-29(38)39)26(34-23)14-27-22(9-11-30(40)41)17(4)24(35-27)13-28-31(19(6)44)18(5)32(42)37-28/h7,13-15,18-19,23,25,31,34-36,43-44H,1,8-12H2,2-6H3,(H,37,42)(H,38,39)(H,40,41)/b26-14-,28-13-/t15?,18-,19-,23?,25-,31+/m1/s1. The van der Waals surface area contributed by atoms with Crippen LogP contribution in [0, 0.1) is 24.7 Å². The van der Waals surface area contributed by atoms with E-state index in [2.05, 4.69) is 40.1 Å². The Morgan fingerprint density at radius 2 is 1.68 bits per heavy atom. The van der Waals surface area contributed by atoms with Crippen LogP contribution in [0.5, 0.6) is 0 Å². The molecule has 1 aromatic rings. The van der Waals surface area contributed by atoms with Crippen molar-refractivity contribution in [1.29, 1.82) is 0 Å². The first kappa shape index (κ1) is 33.0. The van der Waals surface area contributed by atoms with Gasteiger partial charge in [-0.1, -0.05) is 33.4 Å². The van der Waals surface area contributed by atoms with Crippen molar-refractivity contribution in [3.05, 3.63) is 69.2 Å². The minimum Gasteiger partial charge on any atom is -0.495 e. The van der Waals surface area contributed by atoms with Crippen molar-refractivity contribution < 1.29 is 29.7 Å². The Morgan fingerprint density at radius 3 is 2.27 bits per heavy atom. The predicted octanol–water partition coefficient (Wildman–Crippen LogP) is 4.83. The summed E-state index contributed by atoms with van der Waals surface area (Å²) in [4.78, 5) is 39.1. The minimum absolute atomic E-state index is 0.0341. The zero-order chi connectivity index (χ0) is 32.5. The molecule has 0 bridgehead atoms. The van der Waals surface area contributed by atoms with Crippen LogP contribution < -0.4 is 16.0 Å². The van der Waals surface area contributed by atoms with E-state index in [1.165, 1.54) is 0 Å². The first-order valence-electron chi connectivity index (χ1n) is 15.1. The number of rotatable bonds is 12. The fourth-order valence-corrected chi connectivity index (χ4v) is 7.15. The van der Waals surface area contributed by atoms with Gasteiger partial charge in [0.05, 0.1) is 0 Å². The summed E-state index contributed by atoms with van der Waals surface area (Å²) in [5.74, 6) is -1.99. The second kappa shape index (κ2) is 13.4. The molecule has 0 spiro atoms. The van der Waals surface area contributed by atoms with Gasteiger partial charge in [-0.3, -0.25) is 14.4 Å². The van der Waals surface area contributed by atoms with Crippen LogP contribution in [0.4, 0.5) is 0 Å². The van der Waals surface area contributed by atoms with Gasteiger partial charge >= 0.3 is 11.9 Å². The number of nitrogens with one attached hydrogen (secondary N) is 4. The van der Waals surface area contributed by atoms with Crippen molar-refractivity contribution in [3.63, 3.8) is 0 Å². The van der Waals surface area contributed by atoms with E-state index in [4.69, 9.17) is 0 Å². The smallest absolute Gasteiger partial charge is 0.303 e. The number of hydrogen-bond acceptors (Lipinski definition) is 7. The van der Waals surface area contributed by atoms with Crippen LogP contribution in [0.3, 0.4) is 0 Å². The number of carbonyl (C=O) groups is 3. The number of carboxylic acids is 2. The number of amides is 1. The third-order valence-corrected chi connectivity index (χ3v) is 9.69. The second-order valence-electron chi connectivity index (χ2n) is 12.2. The molecule has 6 atom stereocenters. The molecule has 44 heavy (non-hydrogen) atoms. The van der Waals surface area contributed by atoms with Gasteiger partial charge in [0, 0.05) is 76.3 Å². The van der Waals surface area contributed by atoms with E-state index in [0.717, 1.165) is 50.6 Å². The topological polar surface area (TPSA) is 164 Å². The molecule has 0 aromatic carbocycles. The summed E-state index contributed by atoms with van der Waals surface area (Å²) in [6, 6.07) is -0.145. The van der Waals surface area contributed by atoms with Gasteiger partial charge in [-0.05, 0) is 67.5 Å². The van der Waals surface area contributed by atoms with Crippen molar-refractivity contribution >= 4 is 42.6 Å². The molecular formula is C33H44N4O6S. The zero-order valence-corrected chi connectivity index (χ0v) is 26.8. The van der Waals surface area contributed by atoms with E-state index in [1.807, 2.05) is 46.8 Å². The van der Waals surface area contributed by atoms with Gasteiger partial charge in [0.15, 0.2) is 5.88 Å². The lowest BCUT2D eigenvalue weighted by atomic mass is 9.90. The molecule has 1 amide bonds. The van der Waals surface area contributed by atoms with Crippen molar-refractivity contribution in [2.24, 2.45) is 17.8 Å². The van der Waals surface area contributed by atoms with Crippen LogP contribution in [-0.2, 0) is 20.8 Å². The number of aliphatic hydroxyl groups is 1. The van der Waals surface area contributed by atoms with Gasteiger partial charge < -0.3 is 36.3 Å². The lowest BCUT2D eigenvalue weighted by molar-refractivity contribution is -0.138. The molecule has 4 heterocycles. The number of hydrogen-bond donors (Lipinski definition) is 8. The minimum atomic E-state index is -0.907. The molecule has 10 nitrogen and oxygen atoms in total. The lowest BCUT2D eigenvalue weighted by Crippen LogP contribution is -2.36. The molecule has 2 unspecified atom stereocenters. The first-order valence-corrected chi connectivity index (χ1v) is 15.6. The number of carbonyl (C=O) groups excluding carboxylic acids is 1. The third kappa shape index (κ3) is 6.77. The molecule has 3 aliphatic heterocycles. The molecular weight excluding hydrogens is 580 g/mol. The highest BCUT2D eigenvalue weighted by Crippen LogP contribution is 2.37. The Hall–Kier alpha value is -3.86. The summed E-state index contributed by atoms with van der Waals surface area (Å²) in [6.07, 6.45) is 6.71. The number of carboxylic acid groups (broad SMARTS) is 2. The fourth-order valence-electron chi connectivity index (χ4n) is 6.73. The van der Waals surface area contributed by atoms with Gasteiger partial charge in [-0.25, -0.2) is 0 Å². The van der Waals surface area contributed by atoms with Crippen molar-refractivity contribution in [1.82, 2.24) is 20.9 Å². The number of aromatic amines is 1. The van der Waals surface area contributed by atoms with Crippen molar-refractivity contribution in [2.45, 2.75) is 84.1 Å². The lowest BCUT2D eigenvalue weighted by Gasteiger charge is -2.23. The van der Waals surface area contributed by atoms with Crippen LogP contribution in [0.15, 0.2) is 46.7 Å². The molecule has 0 radical (unpaired) electrons. The second-order valence-corrected chi connectivity index (χ2v) is 13.0. The maximum atomic E-state index is 12.5. The van der Waals surface area contributed by atoms with E-state index in [0.29, 0.717) is 19.3 Å². The molecule has 0 aliphatic carbocycles. The van der Waals surface area contributed by atoms with E-state index in [1.54, 1.807) is 6.08 Å². The monoisotopic (exact) mass is 624 g/mol. The van der Waals surface area contributed by atoms with Crippen molar-refractivity contribution in [3.8, 4) is 0 Å². The van der Waals surface area contributed by atoms with Gasteiger partial charge in [0.2, 0.25) is 5.91 Å². The Morgan fingerprint density at radius 1 is 1.02 bits per heavy atom. The molecule has 1 saturated heterocycles. The molecule has 11 heteroatoms. The van der Waals surface area contributed by atoms with Crippen LogP contribution in [0.2, 0.25) is 0 Å². The van der Waals surface area contributed by atoms with Crippen molar-refractivity contribution in [2.75, 3.05) is 0 Å². The number of allylic oxidation sites excluding steroid dienone is 3. The van der Waals surface area contributed by atoms with Crippen LogP contribution in [0.25, 0.3) is 12.2 Å². The Bertz CT molecular complexity index is 1480. The quantitative estimate of drug-likeness (QED) is 0.153. The molecule has 238 valence electrons. The van der Waals surface area contributed by atoms with Crippen LogP contribution in [-0.4, -0.2) is 55.5 Å². The molecule has 7 N–H and O–H groups in total. The van der Waals surface area contributed by atoms with E-state index in [9.17, 15) is 29.7 Å². The highest BCUT2D eigenvalue weighted by molar-refractivity contribution is 7.80. The molecule has 0 saturated carbocycles. The van der Waals surface area contributed by atoms with Gasteiger partial charge in [0.25, 0.3) is 0 Å². The molecule has 1 fully saturated rings. The summed E-state index contributed by atoms with van der Waals surface area (Å²) < 4.78 is 0. The normalized spacial score (nSPS) is 27.6. The number of aromatic nitrogens is 1. The predicted molar refractivity (Wildman–Crippen MR) is 174 cm³/mol. The largest absolute Gasteiger partial charge is 0.495 e. The summed E-state index contributed by atoms with van der Waals surface area (Å²) in [5, 5.41) is 39.0. The average molecular weight is 625 g/mol. The maximum Gasteiger partial charge on any atom is 0.303 e. The van der Waals surface area contributed by atoms with Gasteiger partial charge in [-0.2, -0.15) is 12.6 Å². The summed E-state index contributed by atoms with van der Waals surface area (Å²) in [5.41, 5.74) is 7.48. The molecule has 1 aromatic heterocycles. The van der Waals surface area contributed by atoms with Gasteiger partial charge in [0.1, 0.15) is 0 Å². The first-order chi connectivity index (χ1) is 20.7. The summed E-state index contributed by atoms with van der Waals surface area (Å²) in [7, 11) is 0. The van der Waals surface area contributed by atoms with E-state index < -0.39 is 11.9 Å². The van der Waals surface area contributed by atoms with Gasteiger partial charge in [-0.15, -0.1) is 0 Å². The molecule has 3 aliphatic rings. The average Bonchev–Trinajstić information content (AvgIpc) is 3.59. The fraction of sp³-hybridized carbons (Fsp3) is 0.485. The number of H-pyrrole nitrogens is 1. The highest BCUT2D eigenvalue weighted by atomic mass is 32.1. The Balaban J connectivity index is 1.73. The van der Waals surface area contributed by atoms with Crippen LogP contribution >= 0.6 is 12.6 Å². The Kier molecular flexibility index (Phi) is 10.1. The number of aliphatic carboxylic acids is 2. The third-order valence-electron chi connectivity index (χ3n) is 9.37. The molecule has 4 rings (SSSR count). The Labute approximate surface area is 263 Å². The number of aliphatic hydroxyl groups excluding tert-OH is 1. The SMILES string of the molecule is C=CC1=C(O)N[C@H](CC2N/C(=C\c3[nH]c(/C=C4\NC(=O)[C@H](C)[C@H]4[C@@H](C)S)c(C)c3CCC(=O)O)C(CCC(=O)O)=C2C)C1C. The highest BCUT2D eigenvalue weighted by Gasteiger charge is 2.38. The summed E-state index contributed by atoms with van der Waals surface area (Å²) >= 11 is 4.63. The van der Waals surface area contributed by atoms with Crippen LogP contribution in [0.1, 0.15) is 75.9 Å². The number of thiol groups is 1. The van der Waals surface area contributed by atoms with E-state index >= 15 is 0 Å². The maximum absolute atomic E-state index is 12.5. The zero-order valence-electron chi connectivity index (χ0n) is 26.0.